The monoisotopic (exact) mass is 547 g/mol. The molecule has 1 saturated heterocycles. The number of thiocarbonyl (C=S) groups is 1. The van der Waals surface area contributed by atoms with E-state index < -0.39 is 11.8 Å². The van der Waals surface area contributed by atoms with Gasteiger partial charge in [-0.1, -0.05) is 39.1 Å². The van der Waals surface area contributed by atoms with Crippen molar-refractivity contribution in [2.24, 2.45) is 0 Å². The molecule has 1 aliphatic heterocycles. The Kier molecular flexibility index (Phi) is 6.27. The van der Waals surface area contributed by atoms with E-state index in [1.807, 2.05) is 44.2 Å². The summed E-state index contributed by atoms with van der Waals surface area (Å²) in [5.41, 5.74) is 3.99. The molecule has 9 heteroatoms. The van der Waals surface area contributed by atoms with Gasteiger partial charge in [0.1, 0.15) is 5.57 Å². The van der Waals surface area contributed by atoms with Gasteiger partial charge in [-0.25, -0.2) is 0 Å². The Balaban J connectivity index is 1.76. The van der Waals surface area contributed by atoms with Crippen LogP contribution in [-0.2, 0) is 9.59 Å². The average Bonchev–Trinajstić information content (AvgIpc) is 3.01. The number of benzene rings is 2. The third-order valence-electron chi connectivity index (χ3n) is 5.12. The van der Waals surface area contributed by atoms with E-state index in [0.29, 0.717) is 10.7 Å². The van der Waals surface area contributed by atoms with Gasteiger partial charge >= 0.3 is 0 Å². The predicted molar refractivity (Wildman–Crippen MR) is 136 cm³/mol. The summed E-state index contributed by atoms with van der Waals surface area (Å²) >= 11 is 20.8. The molecule has 2 heterocycles. The van der Waals surface area contributed by atoms with E-state index >= 15 is 0 Å². The van der Waals surface area contributed by atoms with Crippen LogP contribution in [-0.4, -0.2) is 21.5 Å². The van der Waals surface area contributed by atoms with E-state index in [9.17, 15) is 9.59 Å². The molecule has 5 nitrogen and oxygen atoms in total. The Labute approximate surface area is 208 Å². The molecule has 0 aliphatic carbocycles. The van der Waals surface area contributed by atoms with Crippen LogP contribution in [0, 0.1) is 13.8 Å². The summed E-state index contributed by atoms with van der Waals surface area (Å²) in [6.45, 7) is 3.91. The van der Waals surface area contributed by atoms with Crippen molar-refractivity contribution in [2.75, 3.05) is 4.90 Å². The third kappa shape index (κ3) is 4.13. The molecule has 0 atom stereocenters. The summed E-state index contributed by atoms with van der Waals surface area (Å²) in [5, 5.41) is 3.20. The fraction of sp³-hybridized carbons (Fsp3) is 0.0870. The van der Waals surface area contributed by atoms with Gasteiger partial charge in [0.25, 0.3) is 11.8 Å². The van der Waals surface area contributed by atoms with Crippen LogP contribution in [0.4, 0.5) is 5.69 Å². The van der Waals surface area contributed by atoms with Crippen molar-refractivity contribution in [2.45, 2.75) is 13.8 Å². The van der Waals surface area contributed by atoms with Gasteiger partial charge in [-0.05, 0) is 86.2 Å². The minimum absolute atomic E-state index is 0.0177. The van der Waals surface area contributed by atoms with Crippen molar-refractivity contribution in [3.63, 3.8) is 0 Å². The summed E-state index contributed by atoms with van der Waals surface area (Å²) in [6.07, 6.45) is 1.58. The lowest BCUT2D eigenvalue weighted by atomic mass is 10.1. The summed E-state index contributed by atoms with van der Waals surface area (Å²) in [4.78, 5) is 27.2. The number of nitrogens with zero attached hydrogens (tertiary/aromatic N) is 2. The maximum Gasteiger partial charge on any atom is 0.270 e. The molecule has 3 aromatic rings. The number of halogens is 3. The summed E-state index contributed by atoms with van der Waals surface area (Å²) in [6, 6.07) is 14.5. The van der Waals surface area contributed by atoms with E-state index in [0.717, 1.165) is 27.1 Å². The van der Waals surface area contributed by atoms with Gasteiger partial charge < -0.3 is 4.57 Å². The summed E-state index contributed by atoms with van der Waals surface area (Å²) in [7, 11) is 0. The Bertz CT molecular complexity index is 1320. The van der Waals surface area contributed by atoms with Gasteiger partial charge in [-0.15, -0.1) is 0 Å². The predicted octanol–water partition coefficient (Wildman–Crippen LogP) is 5.99. The number of anilines is 1. The largest absolute Gasteiger partial charge is 0.318 e. The lowest BCUT2D eigenvalue weighted by Gasteiger charge is -2.29. The second-order valence-corrected chi connectivity index (χ2v) is 9.31. The number of carbonyl (C=O) groups is 2. The first-order chi connectivity index (χ1) is 15.2. The minimum atomic E-state index is -0.551. The van der Waals surface area contributed by atoms with Crippen molar-refractivity contribution in [3.05, 3.63) is 85.6 Å². The van der Waals surface area contributed by atoms with Crippen molar-refractivity contribution in [1.82, 2.24) is 9.88 Å². The summed E-state index contributed by atoms with van der Waals surface area (Å²) in [5.74, 6) is -1.09. The molecular formula is C23H16BrCl2N3O2S. The molecule has 1 aliphatic rings. The number of nitrogens with one attached hydrogen (secondary N) is 1. The Morgan fingerprint density at radius 1 is 0.969 bits per heavy atom. The zero-order valence-electron chi connectivity index (χ0n) is 16.9. The van der Waals surface area contributed by atoms with Crippen molar-refractivity contribution >= 4 is 80.0 Å². The van der Waals surface area contributed by atoms with Gasteiger partial charge in [0, 0.05) is 21.5 Å². The number of hydrogen-bond donors (Lipinski definition) is 1. The zero-order chi connectivity index (χ0) is 23.2. The molecule has 0 bridgehead atoms. The van der Waals surface area contributed by atoms with Crippen LogP contribution in [0.2, 0.25) is 10.0 Å². The smallest absolute Gasteiger partial charge is 0.270 e. The van der Waals surface area contributed by atoms with Crippen LogP contribution in [0.3, 0.4) is 0 Å². The molecular weight excluding hydrogens is 533 g/mol. The number of aryl methyl sites for hydroxylation is 1. The molecule has 32 heavy (non-hydrogen) atoms. The number of aromatic nitrogens is 1. The fourth-order valence-corrected chi connectivity index (χ4v) is 4.43. The Morgan fingerprint density at radius 2 is 1.62 bits per heavy atom. The van der Waals surface area contributed by atoms with Crippen LogP contribution in [0.5, 0.6) is 0 Å². The van der Waals surface area contributed by atoms with E-state index in [2.05, 4.69) is 25.8 Å². The SMILES string of the molecule is Cc1cc(/C=C2\C(=O)NC(=S)N(c3ccc(Cl)c(Cl)c3)C2=O)c(C)n1-c1ccc(Br)cc1. The standard InChI is InChI=1S/C23H16BrCl2N3O2S/c1-12-9-14(13(2)28(12)16-5-3-15(24)4-6-16)10-18-21(30)27-23(32)29(22(18)31)17-7-8-19(25)20(26)11-17/h3-11H,1-2H3,(H,27,30,32)/b18-10+. The Morgan fingerprint density at radius 3 is 2.28 bits per heavy atom. The zero-order valence-corrected chi connectivity index (χ0v) is 20.9. The number of amides is 2. The van der Waals surface area contributed by atoms with E-state index in [1.165, 1.54) is 11.0 Å². The second-order valence-electron chi connectivity index (χ2n) is 7.19. The second kappa shape index (κ2) is 8.83. The molecule has 2 aromatic carbocycles. The van der Waals surface area contributed by atoms with Crippen LogP contribution >= 0.6 is 51.3 Å². The van der Waals surface area contributed by atoms with Gasteiger partial charge in [-0.2, -0.15) is 0 Å². The molecule has 1 fully saturated rings. The van der Waals surface area contributed by atoms with Crippen molar-refractivity contribution in [3.8, 4) is 5.69 Å². The highest BCUT2D eigenvalue weighted by molar-refractivity contribution is 9.10. The number of rotatable bonds is 3. The molecule has 1 aromatic heterocycles. The van der Waals surface area contributed by atoms with E-state index in [4.69, 9.17) is 35.4 Å². The average molecular weight is 549 g/mol. The van der Waals surface area contributed by atoms with Crippen molar-refractivity contribution in [1.29, 1.82) is 0 Å². The lowest BCUT2D eigenvalue weighted by Crippen LogP contribution is -2.54. The van der Waals surface area contributed by atoms with Crippen molar-refractivity contribution < 1.29 is 9.59 Å². The number of carbonyl (C=O) groups excluding carboxylic acids is 2. The van der Waals surface area contributed by atoms with Gasteiger partial charge in [0.15, 0.2) is 5.11 Å². The first-order valence-electron chi connectivity index (χ1n) is 9.49. The topological polar surface area (TPSA) is 54.3 Å². The maximum atomic E-state index is 13.3. The quantitative estimate of drug-likeness (QED) is 0.248. The molecule has 0 unspecified atom stereocenters. The highest BCUT2D eigenvalue weighted by atomic mass is 79.9. The highest BCUT2D eigenvalue weighted by Crippen LogP contribution is 2.30. The molecule has 4 rings (SSSR count). The van der Waals surface area contributed by atoms with E-state index in [-0.39, 0.29) is 15.7 Å². The molecule has 0 saturated carbocycles. The van der Waals surface area contributed by atoms with E-state index in [1.54, 1.807) is 18.2 Å². The van der Waals surface area contributed by atoms with Crippen LogP contribution in [0.15, 0.2) is 58.6 Å². The molecule has 0 spiro atoms. The fourth-order valence-electron chi connectivity index (χ4n) is 3.59. The van der Waals surface area contributed by atoms with Gasteiger partial charge in [0.2, 0.25) is 0 Å². The van der Waals surface area contributed by atoms with Crippen LogP contribution in [0.1, 0.15) is 17.0 Å². The molecule has 162 valence electrons. The molecule has 0 radical (unpaired) electrons. The lowest BCUT2D eigenvalue weighted by molar-refractivity contribution is -0.122. The third-order valence-corrected chi connectivity index (χ3v) is 6.67. The highest BCUT2D eigenvalue weighted by Gasteiger charge is 2.35. The molecule has 1 N–H and O–H groups in total. The normalized spacial score (nSPS) is 15.5. The van der Waals surface area contributed by atoms with Gasteiger partial charge in [-0.3, -0.25) is 19.8 Å². The van der Waals surface area contributed by atoms with Gasteiger partial charge in [0.05, 0.1) is 15.7 Å². The maximum absolute atomic E-state index is 13.3. The van der Waals surface area contributed by atoms with Crippen LogP contribution in [0.25, 0.3) is 11.8 Å². The first-order valence-corrected chi connectivity index (χ1v) is 11.4. The minimum Gasteiger partial charge on any atom is -0.318 e. The Hall–Kier alpha value is -2.45. The first kappa shape index (κ1) is 22.7. The number of hydrogen-bond acceptors (Lipinski definition) is 3. The summed E-state index contributed by atoms with van der Waals surface area (Å²) < 4.78 is 3.04. The molecule has 2 amide bonds. The van der Waals surface area contributed by atoms with Crippen LogP contribution < -0.4 is 10.2 Å².